The summed E-state index contributed by atoms with van der Waals surface area (Å²) in [6.07, 6.45) is 4.34. The van der Waals surface area contributed by atoms with Crippen molar-refractivity contribution in [3.63, 3.8) is 0 Å². The van der Waals surface area contributed by atoms with Gasteiger partial charge >= 0.3 is 3.83 Å². The number of aryl methyl sites for hydroxylation is 1. The number of fused-ring (bicyclic) bond motifs is 2. The van der Waals surface area contributed by atoms with Crippen LogP contribution in [0.2, 0.25) is 0 Å². The van der Waals surface area contributed by atoms with E-state index in [9.17, 15) is 0 Å². The van der Waals surface area contributed by atoms with Crippen molar-refractivity contribution >= 4 is 44.1 Å². The predicted octanol–water partition coefficient (Wildman–Crippen LogP) is 1.76. The van der Waals surface area contributed by atoms with Crippen LogP contribution in [-0.4, -0.2) is 4.57 Å². The zero-order chi connectivity index (χ0) is 15.8. The average molecular weight is 449 g/mol. The summed E-state index contributed by atoms with van der Waals surface area (Å²) in [6, 6.07) is 19.7. The van der Waals surface area contributed by atoms with E-state index < -0.39 is 0 Å². The maximum Gasteiger partial charge on any atom is 0.317 e. The quantitative estimate of drug-likeness (QED) is 0.257. The maximum atomic E-state index is 2.44. The Bertz CT molecular complexity index is 953. The van der Waals surface area contributed by atoms with Crippen molar-refractivity contribution in [1.29, 1.82) is 0 Å². The summed E-state index contributed by atoms with van der Waals surface area (Å²) in [5.74, 6) is 0. The largest absolute Gasteiger partial charge is 1.00 e. The molecule has 0 bridgehead atoms. The van der Waals surface area contributed by atoms with E-state index in [1.54, 1.807) is 0 Å². The fraction of sp³-hybridized carbons (Fsp3) is 0.150. The smallest absolute Gasteiger partial charge is 0.317 e. The number of aromatic nitrogens is 2. The maximum absolute atomic E-state index is 2.44. The van der Waals surface area contributed by atoms with Gasteiger partial charge in [-0.25, -0.2) is 9.13 Å². The Labute approximate surface area is 161 Å². The molecule has 1 heterocycles. The van der Waals surface area contributed by atoms with E-state index >= 15 is 0 Å². The van der Waals surface area contributed by atoms with Crippen molar-refractivity contribution < 1.29 is 17.0 Å². The lowest BCUT2D eigenvalue weighted by Crippen LogP contribution is -3.00. The minimum Gasteiger partial charge on any atom is -1.00 e. The van der Waals surface area contributed by atoms with E-state index in [2.05, 4.69) is 106 Å². The van der Waals surface area contributed by atoms with Crippen LogP contribution in [0.1, 0.15) is 12.5 Å². The molecule has 0 N–H and O–H groups in total. The molecule has 0 saturated heterocycles. The Kier molecular flexibility index (Phi) is 5.11. The van der Waals surface area contributed by atoms with E-state index in [1.807, 2.05) is 0 Å². The highest BCUT2D eigenvalue weighted by Gasteiger charge is 2.16. The molecule has 4 rings (SSSR count). The molecular formula is C20H18ClIN2. The van der Waals surface area contributed by atoms with Crippen LogP contribution in [0.15, 0.2) is 67.0 Å². The van der Waals surface area contributed by atoms with E-state index in [0.717, 1.165) is 13.1 Å². The van der Waals surface area contributed by atoms with Gasteiger partial charge in [0.05, 0.1) is 29.1 Å². The molecule has 0 aliphatic rings. The van der Waals surface area contributed by atoms with E-state index in [-0.39, 0.29) is 12.4 Å². The van der Waals surface area contributed by atoms with Gasteiger partial charge in [0.15, 0.2) is 0 Å². The zero-order valence-corrected chi connectivity index (χ0v) is 16.3. The van der Waals surface area contributed by atoms with Crippen LogP contribution in [-0.2, 0) is 13.1 Å². The van der Waals surface area contributed by atoms with Crippen molar-refractivity contribution in [2.75, 3.05) is 0 Å². The first-order chi connectivity index (χ1) is 11.3. The molecule has 1 aromatic heterocycles. The number of nitrogens with zero attached hydrogens (tertiary/aromatic N) is 2. The highest BCUT2D eigenvalue weighted by Crippen LogP contribution is 2.28. The molecule has 0 aliphatic carbocycles. The molecule has 4 aromatic rings. The van der Waals surface area contributed by atoms with Gasteiger partial charge in [0.2, 0.25) is 0 Å². The van der Waals surface area contributed by atoms with Gasteiger partial charge < -0.3 is 12.4 Å². The summed E-state index contributed by atoms with van der Waals surface area (Å²) in [5, 5.41) is 5.32. The molecule has 122 valence electrons. The van der Waals surface area contributed by atoms with Gasteiger partial charge in [-0.3, -0.25) is 0 Å². The third kappa shape index (κ3) is 2.91. The Hall–Kier alpha value is -1.59. The number of benzene rings is 3. The summed E-state index contributed by atoms with van der Waals surface area (Å²) in [5.41, 5.74) is 1.40. The van der Waals surface area contributed by atoms with Crippen LogP contribution in [0.4, 0.5) is 0 Å². The Morgan fingerprint density at radius 1 is 0.958 bits per heavy atom. The summed E-state index contributed by atoms with van der Waals surface area (Å²) in [4.78, 5) is 0. The molecule has 4 heteroatoms. The monoisotopic (exact) mass is 448 g/mol. The fourth-order valence-electron chi connectivity index (χ4n) is 3.25. The summed E-state index contributed by atoms with van der Waals surface area (Å²) in [7, 11) is 0. The minimum absolute atomic E-state index is 0. The van der Waals surface area contributed by atoms with Gasteiger partial charge in [-0.05, 0) is 34.5 Å². The van der Waals surface area contributed by atoms with E-state index in [1.165, 1.54) is 30.9 Å². The normalized spacial score (nSPS) is 10.9. The molecule has 0 spiro atoms. The average Bonchev–Trinajstić information content (AvgIpc) is 2.94. The number of hydrogen-bond donors (Lipinski definition) is 0. The fourth-order valence-corrected chi connectivity index (χ4v) is 4.08. The van der Waals surface area contributed by atoms with Crippen LogP contribution in [0.25, 0.3) is 21.5 Å². The van der Waals surface area contributed by atoms with Crippen molar-refractivity contribution in [3.8, 4) is 0 Å². The number of rotatable bonds is 3. The summed E-state index contributed by atoms with van der Waals surface area (Å²) in [6.45, 7) is 4.08. The SMILES string of the molecule is CCn1cc[n+](Cc2c3ccccc3cc3ccccc23)c1I.[Cl-]. The van der Waals surface area contributed by atoms with Gasteiger partial charge in [0.25, 0.3) is 0 Å². The molecule has 0 saturated carbocycles. The van der Waals surface area contributed by atoms with Gasteiger partial charge in [-0.2, -0.15) is 0 Å². The van der Waals surface area contributed by atoms with Crippen molar-refractivity contribution in [2.24, 2.45) is 0 Å². The number of imidazole rings is 1. The van der Waals surface area contributed by atoms with Crippen LogP contribution in [0.3, 0.4) is 0 Å². The number of hydrogen-bond acceptors (Lipinski definition) is 0. The first-order valence-electron chi connectivity index (χ1n) is 7.91. The van der Waals surface area contributed by atoms with Gasteiger partial charge in [-0.1, -0.05) is 48.5 Å². The predicted molar refractivity (Wildman–Crippen MR) is 104 cm³/mol. The molecule has 0 atom stereocenters. The third-order valence-electron chi connectivity index (χ3n) is 4.45. The van der Waals surface area contributed by atoms with Crippen LogP contribution >= 0.6 is 22.6 Å². The van der Waals surface area contributed by atoms with Crippen molar-refractivity contribution in [1.82, 2.24) is 4.57 Å². The molecule has 24 heavy (non-hydrogen) atoms. The lowest BCUT2D eigenvalue weighted by molar-refractivity contribution is -0.700. The topological polar surface area (TPSA) is 8.81 Å². The van der Waals surface area contributed by atoms with Crippen molar-refractivity contribution in [3.05, 3.63) is 76.4 Å². The first kappa shape index (κ1) is 17.2. The Morgan fingerprint density at radius 2 is 1.54 bits per heavy atom. The second kappa shape index (κ2) is 7.11. The standard InChI is InChI=1S/C20H18IN2.ClH/c1-2-22-11-12-23(20(22)21)14-19-17-9-5-3-7-15(17)13-16-8-4-6-10-18(16)19;/h3-13H,2,14H2,1H3;1H/q+1;/p-1. The lowest BCUT2D eigenvalue weighted by atomic mass is 9.97. The molecule has 2 nitrogen and oxygen atoms in total. The molecule has 3 aromatic carbocycles. The first-order valence-corrected chi connectivity index (χ1v) is 8.99. The molecule has 0 radical (unpaired) electrons. The lowest BCUT2D eigenvalue weighted by Gasteiger charge is -2.10. The second-order valence-electron chi connectivity index (χ2n) is 5.78. The minimum atomic E-state index is 0. The van der Waals surface area contributed by atoms with Gasteiger partial charge in [0.1, 0.15) is 18.9 Å². The van der Waals surface area contributed by atoms with Crippen LogP contribution in [0, 0.1) is 3.83 Å². The second-order valence-corrected chi connectivity index (χ2v) is 6.74. The Balaban J connectivity index is 0.00000169. The van der Waals surface area contributed by atoms with Gasteiger partial charge in [-0.15, -0.1) is 0 Å². The molecule has 0 amide bonds. The summed E-state index contributed by atoms with van der Waals surface area (Å²) >= 11 is 2.44. The van der Waals surface area contributed by atoms with E-state index in [4.69, 9.17) is 0 Å². The molecular weight excluding hydrogens is 431 g/mol. The summed E-state index contributed by atoms with van der Waals surface area (Å²) < 4.78 is 5.87. The Morgan fingerprint density at radius 3 is 2.08 bits per heavy atom. The van der Waals surface area contributed by atoms with Crippen LogP contribution < -0.4 is 17.0 Å². The number of halogens is 2. The highest BCUT2D eigenvalue weighted by molar-refractivity contribution is 14.1. The highest BCUT2D eigenvalue weighted by atomic mass is 127. The molecule has 0 unspecified atom stereocenters. The molecule has 0 fully saturated rings. The third-order valence-corrected chi connectivity index (χ3v) is 5.69. The zero-order valence-electron chi connectivity index (χ0n) is 13.4. The van der Waals surface area contributed by atoms with Crippen molar-refractivity contribution in [2.45, 2.75) is 20.0 Å². The van der Waals surface area contributed by atoms with Gasteiger partial charge in [0, 0.05) is 5.56 Å². The molecule has 0 aliphatic heterocycles. The van der Waals surface area contributed by atoms with E-state index in [0.29, 0.717) is 0 Å². The van der Waals surface area contributed by atoms with Crippen LogP contribution in [0.5, 0.6) is 0 Å².